The van der Waals surface area contributed by atoms with Crippen LogP contribution in [0.15, 0.2) is 23.1 Å². The molecular formula is C9H11ClFNO3S. The lowest BCUT2D eigenvalue weighted by Crippen LogP contribution is -2.25. The molecule has 0 amide bonds. The van der Waals surface area contributed by atoms with Crippen LogP contribution >= 0.6 is 11.6 Å². The summed E-state index contributed by atoms with van der Waals surface area (Å²) in [6.07, 6.45) is 0.314. The van der Waals surface area contributed by atoms with Crippen LogP contribution in [0.1, 0.15) is 6.42 Å². The Labute approximate surface area is 98.1 Å². The minimum Gasteiger partial charge on any atom is -0.396 e. The Hall–Kier alpha value is -0.690. The van der Waals surface area contributed by atoms with Crippen molar-refractivity contribution < 1.29 is 17.9 Å². The van der Waals surface area contributed by atoms with Crippen molar-refractivity contribution in [1.29, 1.82) is 0 Å². The minimum atomic E-state index is -3.68. The van der Waals surface area contributed by atoms with E-state index >= 15 is 0 Å². The van der Waals surface area contributed by atoms with Gasteiger partial charge in [-0.2, -0.15) is 0 Å². The summed E-state index contributed by atoms with van der Waals surface area (Å²) in [7, 11) is -3.68. The summed E-state index contributed by atoms with van der Waals surface area (Å²) in [6, 6.07) is 3.16. The van der Waals surface area contributed by atoms with Crippen LogP contribution in [0.4, 0.5) is 4.39 Å². The molecule has 7 heteroatoms. The average Bonchev–Trinajstić information content (AvgIpc) is 2.22. The molecule has 1 aromatic rings. The van der Waals surface area contributed by atoms with E-state index in [-0.39, 0.29) is 23.1 Å². The number of aliphatic hydroxyl groups is 1. The largest absolute Gasteiger partial charge is 0.396 e. The third kappa shape index (κ3) is 3.41. The molecule has 0 radical (unpaired) electrons. The molecule has 0 aromatic heterocycles. The molecule has 0 heterocycles. The summed E-state index contributed by atoms with van der Waals surface area (Å²) < 4.78 is 38.3. The van der Waals surface area contributed by atoms with Crippen molar-refractivity contribution in [3.63, 3.8) is 0 Å². The molecule has 0 aliphatic carbocycles. The topological polar surface area (TPSA) is 66.4 Å². The van der Waals surface area contributed by atoms with Crippen molar-refractivity contribution in [2.45, 2.75) is 11.3 Å². The summed E-state index contributed by atoms with van der Waals surface area (Å²) in [5.41, 5.74) is 0. The molecule has 4 nitrogen and oxygen atoms in total. The van der Waals surface area contributed by atoms with Crippen molar-refractivity contribution in [1.82, 2.24) is 4.72 Å². The van der Waals surface area contributed by atoms with E-state index in [1.54, 1.807) is 0 Å². The van der Waals surface area contributed by atoms with Gasteiger partial charge in [0.25, 0.3) is 0 Å². The van der Waals surface area contributed by atoms with E-state index < -0.39 is 15.8 Å². The van der Waals surface area contributed by atoms with Crippen molar-refractivity contribution >= 4 is 21.6 Å². The van der Waals surface area contributed by atoms with E-state index in [0.29, 0.717) is 6.42 Å². The van der Waals surface area contributed by atoms with Crippen molar-refractivity contribution in [2.75, 3.05) is 13.2 Å². The lowest BCUT2D eigenvalue weighted by atomic mass is 10.3. The molecule has 1 rings (SSSR count). The molecule has 1 aromatic carbocycles. The second-order valence-electron chi connectivity index (χ2n) is 3.05. The molecule has 0 aliphatic heterocycles. The Morgan fingerprint density at radius 3 is 2.69 bits per heavy atom. The maximum atomic E-state index is 12.8. The maximum Gasteiger partial charge on any atom is 0.240 e. The molecule has 0 aliphatic rings. The molecule has 0 saturated heterocycles. The number of sulfonamides is 1. The molecule has 0 saturated carbocycles. The fourth-order valence-electron chi connectivity index (χ4n) is 1.01. The maximum absolute atomic E-state index is 12.8. The van der Waals surface area contributed by atoms with Crippen molar-refractivity contribution in [2.24, 2.45) is 0 Å². The summed E-state index contributed by atoms with van der Waals surface area (Å²) >= 11 is 5.47. The summed E-state index contributed by atoms with van der Waals surface area (Å²) in [5.74, 6) is -0.670. The first-order chi connectivity index (χ1) is 7.47. The van der Waals surface area contributed by atoms with Gasteiger partial charge in [-0.25, -0.2) is 17.5 Å². The fourth-order valence-corrected chi connectivity index (χ4v) is 2.36. The van der Waals surface area contributed by atoms with E-state index in [1.165, 1.54) is 0 Å². The van der Waals surface area contributed by atoms with Gasteiger partial charge in [0.1, 0.15) is 5.82 Å². The van der Waals surface area contributed by atoms with E-state index in [4.69, 9.17) is 16.7 Å². The fraction of sp³-hybridized carbons (Fsp3) is 0.333. The van der Waals surface area contributed by atoms with Gasteiger partial charge in [0.05, 0.1) is 9.92 Å². The zero-order chi connectivity index (χ0) is 12.2. The predicted molar refractivity (Wildman–Crippen MR) is 58.3 cm³/mol. The first kappa shape index (κ1) is 13.4. The third-order valence-electron chi connectivity index (χ3n) is 1.83. The van der Waals surface area contributed by atoms with E-state index in [1.807, 2.05) is 0 Å². The van der Waals surface area contributed by atoms with Gasteiger partial charge in [-0.1, -0.05) is 11.6 Å². The highest BCUT2D eigenvalue weighted by Gasteiger charge is 2.14. The number of nitrogens with one attached hydrogen (secondary N) is 1. The first-order valence-corrected chi connectivity index (χ1v) is 6.39. The quantitative estimate of drug-likeness (QED) is 0.786. The van der Waals surface area contributed by atoms with Crippen LogP contribution in [0.3, 0.4) is 0 Å². The highest BCUT2D eigenvalue weighted by Crippen LogP contribution is 2.19. The molecule has 0 atom stereocenters. The van der Waals surface area contributed by atoms with Gasteiger partial charge in [0, 0.05) is 13.2 Å². The van der Waals surface area contributed by atoms with Gasteiger partial charge in [0.15, 0.2) is 0 Å². The Balaban J connectivity index is 2.86. The third-order valence-corrected chi connectivity index (χ3v) is 3.58. The van der Waals surface area contributed by atoms with Crippen LogP contribution in [0.2, 0.25) is 5.02 Å². The second kappa shape index (κ2) is 5.58. The lowest BCUT2D eigenvalue weighted by molar-refractivity contribution is 0.289. The number of benzene rings is 1. The van der Waals surface area contributed by atoms with Crippen molar-refractivity contribution in [3.8, 4) is 0 Å². The highest BCUT2D eigenvalue weighted by molar-refractivity contribution is 7.89. The zero-order valence-electron chi connectivity index (χ0n) is 8.28. The number of rotatable bonds is 5. The molecule has 90 valence electrons. The second-order valence-corrected chi connectivity index (χ2v) is 5.23. The molecule has 16 heavy (non-hydrogen) atoms. The number of hydrogen-bond donors (Lipinski definition) is 2. The SMILES string of the molecule is O=S(=O)(NCCCO)c1ccc(F)c(Cl)c1. The number of halogens is 2. The van der Waals surface area contributed by atoms with Gasteiger partial charge in [-0.3, -0.25) is 0 Å². The molecule has 0 unspecified atom stereocenters. The number of hydrogen-bond acceptors (Lipinski definition) is 3. The molecule has 0 bridgehead atoms. The monoisotopic (exact) mass is 267 g/mol. The summed E-state index contributed by atoms with van der Waals surface area (Å²) in [4.78, 5) is -0.100. The predicted octanol–water partition coefficient (Wildman–Crippen LogP) is 1.14. The Morgan fingerprint density at radius 1 is 1.44 bits per heavy atom. The van der Waals surface area contributed by atoms with Gasteiger partial charge >= 0.3 is 0 Å². The highest BCUT2D eigenvalue weighted by atomic mass is 35.5. The Morgan fingerprint density at radius 2 is 2.12 bits per heavy atom. The van der Waals surface area contributed by atoms with E-state index in [0.717, 1.165) is 18.2 Å². The van der Waals surface area contributed by atoms with Crippen LogP contribution in [-0.2, 0) is 10.0 Å². The molecule has 2 N–H and O–H groups in total. The van der Waals surface area contributed by atoms with Crippen LogP contribution in [0, 0.1) is 5.82 Å². The van der Waals surface area contributed by atoms with E-state index in [9.17, 15) is 12.8 Å². The van der Waals surface area contributed by atoms with Gasteiger partial charge in [0.2, 0.25) is 10.0 Å². The average molecular weight is 268 g/mol. The number of aliphatic hydroxyl groups excluding tert-OH is 1. The Kier molecular flexibility index (Phi) is 4.67. The van der Waals surface area contributed by atoms with Crippen LogP contribution < -0.4 is 4.72 Å². The van der Waals surface area contributed by atoms with Gasteiger partial charge in [-0.05, 0) is 24.6 Å². The molecule has 0 spiro atoms. The van der Waals surface area contributed by atoms with Gasteiger partial charge in [-0.15, -0.1) is 0 Å². The lowest BCUT2D eigenvalue weighted by Gasteiger charge is -2.06. The first-order valence-electron chi connectivity index (χ1n) is 4.53. The minimum absolute atomic E-state index is 0.100. The normalized spacial score (nSPS) is 11.7. The molecule has 0 fully saturated rings. The smallest absolute Gasteiger partial charge is 0.240 e. The van der Waals surface area contributed by atoms with Crippen LogP contribution in [0.25, 0.3) is 0 Å². The van der Waals surface area contributed by atoms with Crippen molar-refractivity contribution in [3.05, 3.63) is 29.0 Å². The Bertz CT molecular complexity index is 464. The summed E-state index contributed by atoms with van der Waals surface area (Å²) in [5, 5.41) is 8.26. The van der Waals surface area contributed by atoms with E-state index in [2.05, 4.69) is 4.72 Å². The van der Waals surface area contributed by atoms with Crippen LogP contribution in [0.5, 0.6) is 0 Å². The van der Waals surface area contributed by atoms with Crippen LogP contribution in [-0.4, -0.2) is 26.7 Å². The standard InChI is InChI=1S/C9H11ClFNO3S/c10-8-6-7(2-3-9(8)11)16(14,15)12-4-1-5-13/h2-3,6,12-13H,1,4-5H2. The summed E-state index contributed by atoms with van der Waals surface area (Å²) in [6.45, 7) is 0.0144. The zero-order valence-corrected chi connectivity index (χ0v) is 9.85. The van der Waals surface area contributed by atoms with Gasteiger partial charge < -0.3 is 5.11 Å². The molecular weight excluding hydrogens is 257 g/mol.